The number of benzene rings is 1. The summed E-state index contributed by atoms with van der Waals surface area (Å²) in [6.07, 6.45) is 1.35. The van der Waals surface area contributed by atoms with Gasteiger partial charge in [0.15, 0.2) is 0 Å². The number of sulfonamides is 1. The minimum absolute atomic E-state index is 0.177. The first-order valence-corrected chi connectivity index (χ1v) is 7.15. The molecule has 0 aliphatic rings. The summed E-state index contributed by atoms with van der Waals surface area (Å²) in [6, 6.07) is 12.7. The minimum Gasteiger partial charge on any atom is -0.340 e. The van der Waals surface area contributed by atoms with Crippen molar-refractivity contribution in [2.24, 2.45) is 0 Å². The highest BCUT2D eigenvalue weighted by Crippen LogP contribution is 2.17. The Hall–Kier alpha value is -1.92. The molecular weight excluding hydrogens is 262 g/mol. The molecule has 0 amide bonds. The van der Waals surface area contributed by atoms with Gasteiger partial charge in [-0.1, -0.05) is 18.2 Å². The Kier molecular flexibility index (Phi) is 3.82. The maximum absolute atomic E-state index is 11.9. The molecule has 2 aromatic rings. The number of anilines is 2. The van der Waals surface area contributed by atoms with Gasteiger partial charge < -0.3 is 5.32 Å². The summed E-state index contributed by atoms with van der Waals surface area (Å²) in [5.41, 5.74) is 0.901. The molecule has 0 saturated carbocycles. The van der Waals surface area contributed by atoms with E-state index in [0.717, 1.165) is 9.99 Å². The Bertz CT molecular complexity index is 637. The van der Waals surface area contributed by atoms with Gasteiger partial charge in [0.05, 0.1) is 0 Å². The molecule has 0 unspecified atom stereocenters. The highest BCUT2D eigenvalue weighted by Gasteiger charge is 2.17. The lowest BCUT2D eigenvalue weighted by atomic mass is 10.3. The molecule has 0 atom stereocenters. The first kappa shape index (κ1) is 13.5. The Morgan fingerprint density at radius 1 is 1.05 bits per heavy atom. The molecule has 1 N–H and O–H groups in total. The molecule has 0 bridgehead atoms. The van der Waals surface area contributed by atoms with E-state index in [4.69, 9.17) is 0 Å². The predicted molar refractivity (Wildman–Crippen MR) is 74.8 cm³/mol. The highest BCUT2D eigenvalue weighted by atomic mass is 32.2. The van der Waals surface area contributed by atoms with Crippen molar-refractivity contribution in [2.45, 2.75) is 4.90 Å². The predicted octanol–water partition coefficient (Wildman–Crippen LogP) is 2.08. The van der Waals surface area contributed by atoms with Crippen LogP contribution in [0.4, 0.5) is 11.5 Å². The molecule has 6 heteroatoms. The molecule has 0 spiro atoms. The van der Waals surface area contributed by atoms with Crippen molar-refractivity contribution < 1.29 is 8.42 Å². The van der Waals surface area contributed by atoms with E-state index < -0.39 is 10.0 Å². The molecule has 19 heavy (non-hydrogen) atoms. The SMILES string of the molecule is CN(C)S(=O)(=O)c1ccc(Nc2ccccc2)nc1. The van der Waals surface area contributed by atoms with E-state index in [0.29, 0.717) is 5.82 Å². The van der Waals surface area contributed by atoms with E-state index in [2.05, 4.69) is 10.3 Å². The van der Waals surface area contributed by atoms with Crippen LogP contribution in [0, 0.1) is 0 Å². The molecule has 0 radical (unpaired) electrons. The molecule has 1 aromatic carbocycles. The van der Waals surface area contributed by atoms with Crippen molar-refractivity contribution in [2.75, 3.05) is 19.4 Å². The molecule has 100 valence electrons. The van der Waals surface area contributed by atoms with Crippen molar-refractivity contribution in [1.82, 2.24) is 9.29 Å². The van der Waals surface area contributed by atoms with Crippen LogP contribution >= 0.6 is 0 Å². The van der Waals surface area contributed by atoms with Gasteiger partial charge >= 0.3 is 0 Å². The summed E-state index contributed by atoms with van der Waals surface area (Å²) in [5.74, 6) is 0.601. The lowest BCUT2D eigenvalue weighted by molar-refractivity contribution is 0.520. The molecule has 2 rings (SSSR count). The van der Waals surface area contributed by atoms with Crippen LogP contribution in [0.2, 0.25) is 0 Å². The quantitative estimate of drug-likeness (QED) is 0.929. The van der Waals surface area contributed by atoms with E-state index in [1.165, 1.54) is 26.4 Å². The molecule has 1 aromatic heterocycles. The fourth-order valence-electron chi connectivity index (χ4n) is 1.49. The third-order valence-electron chi connectivity index (χ3n) is 2.56. The van der Waals surface area contributed by atoms with Crippen molar-refractivity contribution >= 4 is 21.5 Å². The van der Waals surface area contributed by atoms with Gasteiger partial charge in [-0.3, -0.25) is 0 Å². The van der Waals surface area contributed by atoms with Crippen LogP contribution in [-0.2, 0) is 10.0 Å². The van der Waals surface area contributed by atoms with Gasteiger partial charge in [-0.15, -0.1) is 0 Å². The molecular formula is C13H15N3O2S. The Morgan fingerprint density at radius 3 is 2.26 bits per heavy atom. The molecule has 5 nitrogen and oxygen atoms in total. The van der Waals surface area contributed by atoms with E-state index >= 15 is 0 Å². The Morgan fingerprint density at radius 2 is 1.74 bits per heavy atom. The minimum atomic E-state index is -3.42. The van der Waals surface area contributed by atoms with E-state index in [1.807, 2.05) is 30.3 Å². The number of aromatic nitrogens is 1. The van der Waals surface area contributed by atoms with E-state index in [1.54, 1.807) is 6.07 Å². The van der Waals surface area contributed by atoms with Gasteiger partial charge in [-0.05, 0) is 24.3 Å². The number of nitrogens with zero attached hydrogens (tertiary/aromatic N) is 2. The number of hydrogen-bond acceptors (Lipinski definition) is 4. The van der Waals surface area contributed by atoms with Crippen LogP contribution in [0.15, 0.2) is 53.6 Å². The molecule has 0 aliphatic heterocycles. The average Bonchev–Trinajstić information content (AvgIpc) is 2.40. The van der Waals surface area contributed by atoms with E-state index in [9.17, 15) is 8.42 Å². The third kappa shape index (κ3) is 3.10. The van der Waals surface area contributed by atoms with Gasteiger partial charge in [-0.25, -0.2) is 17.7 Å². The second-order valence-electron chi connectivity index (χ2n) is 4.16. The van der Waals surface area contributed by atoms with Crippen LogP contribution < -0.4 is 5.32 Å². The van der Waals surface area contributed by atoms with E-state index in [-0.39, 0.29) is 4.90 Å². The first-order valence-electron chi connectivity index (χ1n) is 5.71. The van der Waals surface area contributed by atoms with Gasteiger partial charge in [0.25, 0.3) is 0 Å². The van der Waals surface area contributed by atoms with Gasteiger partial charge in [0.2, 0.25) is 10.0 Å². The summed E-state index contributed by atoms with van der Waals surface area (Å²) < 4.78 is 24.9. The van der Waals surface area contributed by atoms with Crippen molar-refractivity contribution in [3.63, 3.8) is 0 Å². The van der Waals surface area contributed by atoms with Crippen LogP contribution in [-0.4, -0.2) is 31.8 Å². The van der Waals surface area contributed by atoms with Crippen molar-refractivity contribution in [1.29, 1.82) is 0 Å². The Balaban J connectivity index is 2.20. The summed E-state index contributed by atoms with van der Waals surface area (Å²) in [6.45, 7) is 0. The van der Waals surface area contributed by atoms with Gasteiger partial charge in [-0.2, -0.15) is 0 Å². The van der Waals surface area contributed by atoms with Gasteiger partial charge in [0.1, 0.15) is 10.7 Å². The lowest BCUT2D eigenvalue weighted by Gasteiger charge is -2.11. The first-order chi connectivity index (χ1) is 9.00. The number of nitrogens with one attached hydrogen (secondary N) is 1. The zero-order valence-corrected chi connectivity index (χ0v) is 11.6. The standard InChI is InChI=1S/C13H15N3O2S/c1-16(2)19(17,18)12-8-9-13(14-10-12)15-11-6-4-3-5-7-11/h3-10H,1-2H3,(H,14,15). The monoisotopic (exact) mass is 277 g/mol. The second kappa shape index (κ2) is 5.38. The summed E-state index contributed by atoms with van der Waals surface area (Å²) in [7, 11) is -0.440. The average molecular weight is 277 g/mol. The summed E-state index contributed by atoms with van der Waals surface area (Å²) in [5, 5.41) is 3.09. The maximum atomic E-state index is 11.9. The fourth-order valence-corrected chi connectivity index (χ4v) is 2.33. The zero-order chi connectivity index (χ0) is 13.9. The number of para-hydroxylation sites is 1. The number of rotatable bonds is 4. The van der Waals surface area contributed by atoms with Gasteiger partial charge in [0, 0.05) is 26.0 Å². The van der Waals surface area contributed by atoms with Crippen LogP contribution in [0.1, 0.15) is 0 Å². The third-order valence-corrected chi connectivity index (χ3v) is 4.36. The largest absolute Gasteiger partial charge is 0.340 e. The van der Waals surface area contributed by atoms with Crippen LogP contribution in [0.3, 0.4) is 0 Å². The molecule has 0 fully saturated rings. The van der Waals surface area contributed by atoms with Crippen molar-refractivity contribution in [3.8, 4) is 0 Å². The molecule has 0 saturated heterocycles. The Labute approximate surface area is 113 Å². The molecule has 0 aliphatic carbocycles. The number of pyridine rings is 1. The topological polar surface area (TPSA) is 62.3 Å². The van der Waals surface area contributed by atoms with Crippen LogP contribution in [0.5, 0.6) is 0 Å². The lowest BCUT2D eigenvalue weighted by Crippen LogP contribution is -2.22. The smallest absolute Gasteiger partial charge is 0.244 e. The molecule has 1 heterocycles. The second-order valence-corrected chi connectivity index (χ2v) is 6.31. The fraction of sp³-hybridized carbons (Fsp3) is 0.154. The number of hydrogen-bond donors (Lipinski definition) is 1. The maximum Gasteiger partial charge on any atom is 0.244 e. The van der Waals surface area contributed by atoms with Crippen molar-refractivity contribution in [3.05, 3.63) is 48.7 Å². The highest BCUT2D eigenvalue weighted by molar-refractivity contribution is 7.89. The summed E-state index contributed by atoms with van der Waals surface area (Å²) in [4.78, 5) is 4.28. The zero-order valence-electron chi connectivity index (χ0n) is 10.7. The van der Waals surface area contributed by atoms with Crippen LogP contribution in [0.25, 0.3) is 0 Å². The normalized spacial score (nSPS) is 11.5. The summed E-state index contributed by atoms with van der Waals surface area (Å²) >= 11 is 0.